The summed E-state index contributed by atoms with van der Waals surface area (Å²) >= 11 is 0. The van der Waals surface area contributed by atoms with Crippen molar-refractivity contribution in [3.63, 3.8) is 0 Å². The number of hydrogen-bond donors (Lipinski definition) is 0. The number of benzene rings is 1. The molecule has 1 amide bonds. The van der Waals surface area contributed by atoms with E-state index in [1.54, 1.807) is 31.2 Å². The van der Waals surface area contributed by atoms with Crippen LogP contribution in [0.1, 0.15) is 44.8 Å². The molecule has 31 heavy (non-hydrogen) atoms. The lowest BCUT2D eigenvalue weighted by atomic mass is 9.83. The Morgan fingerprint density at radius 2 is 1.81 bits per heavy atom. The Balaban J connectivity index is 1.96. The van der Waals surface area contributed by atoms with Crippen LogP contribution in [-0.4, -0.2) is 54.6 Å². The predicted molar refractivity (Wildman–Crippen MR) is 119 cm³/mol. The molecule has 2 aromatic rings. The third-order valence-corrected chi connectivity index (χ3v) is 6.16. The number of anilines is 1. The third kappa shape index (κ3) is 4.42. The first-order valence-electron chi connectivity index (χ1n) is 10.7. The summed E-state index contributed by atoms with van der Waals surface area (Å²) in [6.45, 7) is 5.18. The van der Waals surface area contributed by atoms with Gasteiger partial charge in [0.05, 0.1) is 25.6 Å². The number of esters is 1. The van der Waals surface area contributed by atoms with E-state index in [2.05, 4.69) is 16.8 Å². The maximum atomic E-state index is 13.2. The average molecular weight is 426 g/mol. The lowest BCUT2D eigenvalue weighted by Crippen LogP contribution is -2.62. The highest BCUT2D eigenvalue weighted by atomic mass is 16.5. The first-order chi connectivity index (χ1) is 15.0. The third-order valence-electron chi connectivity index (χ3n) is 6.16. The highest BCUT2D eigenvalue weighted by Crippen LogP contribution is 2.40. The Bertz CT molecular complexity index is 895. The largest absolute Gasteiger partial charge is 0.495 e. The molecule has 0 aliphatic carbocycles. The van der Waals surface area contributed by atoms with Gasteiger partial charge in [-0.3, -0.25) is 19.6 Å². The molecule has 0 saturated carbocycles. The number of amides is 1. The van der Waals surface area contributed by atoms with E-state index in [9.17, 15) is 9.59 Å². The Kier molecular flexibility index (Phi) is 7.28. The molecule has 1 aliphatic rings. The standard InChI is InChI=1S/C24H31N3O4/c1-5-22(28)27(20-11-6-7-12-21(20)30-3)24(23(29)31-4)13-16-26(17-14-24)18(2)19-10-8-9-15-25-19/h6-12,15,18H,5,13-14,16-17H2,1-4H3. The van der Waals surface area contributed by atoms with Crippen molar-refractivity contribution in [3.05, 3.63) is 54.4 Å². The van der Waals surface area contributed by atoms with Crippen LogP contribution in [0.4, 0.5) is 5.69 Å². The van der Waals surface area contributed by atoms with E-state index < -0.39 is 11.5 Å². The second kappa shape index (κ2) is 9.92. The zero-order chi connectivity index (χ0) is 22.4. The maximum Gasteiger partial charge on any atom is 0.332 e. The van der Waals surface area contributed by atoms with Crippen LogP contribution in [0.3, 0.4) is 0 Å². The van der Waals surface area contributed by atoms with Crippen LogP contribution in [0.5, 0.6) is 5.75 Å². The van der Waals surface area contributed by atoms with Crippen LogP contribution in [-0.2, 0) is 14.3 Å². The zero-order valence-corrected chi connectivity index (χ0v) is 18.7. The summed E-state index contributed by atoms with van der Waals surface area (Å²) in [5, 5.41) is 0. The summed E-state index contributed by atoms with van der Waals surface area (Å²) in [4.78, 5) is 34.7. The molecular formula is C24H31N3O4. The lowest BCUT2D eigenvalue weighted by molar-refractivity contribution is -0.151. The molecule has 0 radical (unpaired) electrons. The molecular weight excluding hydrogens is 394 g/mol. The Labute approximate surface area is 184 Å². The summed E-state index contributed by atoms with van der Waals surface area (Å²) in [6, 6.07) is 13.3. The van der Waals surface area contributed by atoms with E-state index >= 15 is 0 Å². The molecule has 3 rings (SSSR count). The number of ether oxygens (including phenoxy) is 2. The van der Waals surface area contributed by atoms with Gasteiger partial charge >= 0.3 is 5.97 Å². The number of para-hydroxylation sites is 2. The van der Waals surface area contributed by atoms with E-state index in [0.717, 1.165) is 5.69 Å². The molecule has 1 atom stereocenters. The monoisotopic (exact) mass is 425 g/mol. The van der Waals surface area contributed by atoms with Gasteiger partial charge in [0.2, 0.25) is 5.91 Å². The number of aromatic nitrogens is 1. The molecule has 0 bridgehead atoms. The molecule has 1 aliphatic heterocycles. The van der Waals surface area contributed by atoms with Gasteiger partial charge < -0.3 is 9.47 Å². The summed E-state index contributed by atoms with van der Waals surface area (Å²) in [6.07, 6.45) is 2.98. The van der Waals surface area contributed by atoms with Crippen LogP contribution in [0.15, 0.2) is 48.7 Å². The molecule has 2 heterocycles. The Morgan fingerprint density at radius 3 is 2.39 bits per heavy atom. The van der Waals surface area contributed by atoms with Gasteiger partial charge in [0.1, 0.15) is 11.3 Å². The number of hydrogen-bond acceptors (Lipinski definition) is 6. The fraction of sp³-hybridized carbons (Fsp3) is 0.458. The highest BCUT2D eigenvalue weighted by Gasteiger charge is 2.51. The van der Waals surface area contributed by atoms with Crippen molar-refractivity contribution in [2.24, 2.45) is 0 Å². The van der Waals surface area contributed by atoms with Gasteiger partial charge in [-0.1, -0.05) is 25.1 Å². The first kappa shape index (κ1) is 22.7. The minimum atomic E-state index is -1.09. The predicted octanol–water partition coefficient (Wildman–Crippen LogP) is 3.60. The van der Waals surface area contributed by atoms with Gasteiger partial charge in [0.15, 0.2) is 0 Å². The molecule has 1 saturated heterocycles. The van der Waals surface area contributed by atoms with E-state index in [4.69, 9.17) is 9.47 Å². The number of likely N-dealkylation sites (tertiary alicyclic amines) is 1. The molecule has 1 aromatic carbocycles. The summed E-state index contributed by atoms with van der Waals surface area (Å²) in [5.74, 6) is 0.0170. The second-order valence-electron chi connectivity index (χ2n) is 7.74. The Hall–Kier alpha value is -2.93. The summed E-state index contributed by atoms with van der Waals surface area (Å²) in [7, 11) is 2.94. The van der Waals surface area contributed by atoms with Gasteiger partial charge in [0.25, 0.3) is 0 Å². The van der Waals surface area contributed by atoms with E-state index in [0.29, 0.717) is 37.4 Å². The van der Waals surface area contributed by atoms with Crippen LogP contribution in [0.2, 0.25) is 0 Å². The maximum absolute atomic E-state index is 13.2. The SMILES string of the molecule is CCC(=O)N(c1ccccc1OC)C1(C(=O)OC)CCN(C(C)c2ccccn2)CC1. The number of rotatable bonds is 7. The summed E-state index contributed by atoms with van der Waals surface area (Å²) < 4.78 is 10.8. The quantitative estimate of drug-likeness (QED) is 0.631. The van der Waals surface area contributed by atoms with Crippen molar-refractivity contribution < 1.29 is 19.1 Å². The van der Waals surface area contributed by atoms with Crippen molar-refractivity contribution in [2.45, 2.75) is 44.7 Å². The molecule has 7 nitrogen and oxygen atoms in total. The van der Waals surface area contributed by atoms with Gasteiger partial charge in [0, 0.05) is 31.7 Å². The van der Waals surface area contributed by atoms with Crippen LogP contribution < -0.4 is 9.64 Å². The molecule has 0 N–H and O–H groups in total. The average Bonchev–Trinajstić information content (AvgIpc) is 2.84. The minimum Gasteiger partial charge on any atom is -0.495 e. The normalized spacial score (nSPS) is 16.9. The fourth-order valence-electron chi connectivity index (χ4n) is 4.38. The van der Waals surface area contributed by atoms with Gasteiger partial charge in [-0.25, -0.2) is 4.79 Å². The van der Waals surface area contributed by atoms with Gasteiger partial charge in [-0.2, -0.15) is 0 Å². The van der Waals surface area contributed by atoms with Gasteiger partial charge in [-0.05, 0) is 44.0 Å². The van der Waals surface area contributed by atoms with Crippen LogP contribution in [0, 0.1) is 0 Å². The highest BCUT2D eigenvalue weighted by molar-refractivity contribution is 6.03. The Morgan fingerprint density at radius 1 is 1.13 bits per heavy atom. The van der Waals surface area contributed by atoms with Crippen molar-refractivity contribution >= 4 is 17.6 Å². The van der Waals surface area contributed by atoms with Crippen molar-refractivity contribution in [2.75, 3.05) is 32.2 Å². The zero-order valence-electron chi connectivity index (χ0n) is 18.7. The van der Waals surface area contributed by atoms with E-state index in [1.165, 1.54) is 7.11 Å². The molecule has 1 fully saturated rings. The molecule has 7 heteroatoms. The number of pyridine rings is 1. The van der Waals surface area contributed by atoms with Crippen LogP contribution >= 0.6 is 0 Å². The van der Waals surface area contributed by atoms with Crippen LogP contribution in [0.25, 0.3) is 0 Å². The van der Waals surface area contributed by atoms with E-state index in [1.807, 2.05) is 36.4 Å². The number of piperidine rings is 1. The first-order valence-corrected chi connectivity index (χ1v) is 10.7. The van der Waals surface area contributed by atoms with Crippen molar-refractivity contribution in [1.82, 2.24) is 9.88 Å². The number of carbonyl (C=O) groups excluding carboxylic acids is 2. The summed E-state index contributed by atoms with van der Waals surface area (Å²) in [5.41, 5.74) is 0.490. The number of carbonyl (C=O) groups is 2. The fourth-order valence-corrected chi connectivity index (χ4v) is 4.38. The molecule has 1 aromatic heterocycles. The molecule has 0 spiro atoms. The minimum absolute atomic E-state index is 0.110. The smallest absolute Gasteiger partial charge is 0.332 e. The molecule has 1 unspecified atom stereocenters. The second-order valence-corrected chi connectivity index (χ2v) is 7.74. The van der Waals surface area contributed by atoms with Crippen molar-refractivity contribution in [1.29, 1.82) is 0 Å². The van der Waals surface area contributed by atoms with E-state index in [-0.39, 0.29) is 18.4 Å². The van der Waals surface area contributed by atoms with Gasteiger partial charge in [-0.15, -0.1) is 0 Å². The van der Waals surface area contributed by atoms with Crippen molar-refractivity contribution in [3.8, 4) is 5.75 Å². The lowest BCUT2D eigenvalue weighted by Gasteiger charge is -2.47. The number of methoxy groups -OCH3 is 2. The topological polar surface area (TPSA) is 72.0 Å². The number of nitrogens with zero attached hydrogens (tertiary/aromatic N) is 3. The molecule has 166 valence electrons.